The van der Waals surface area contributed by atoms with Gasteiger partial charge in [-0.25, -0.2) is 0 Å². The Bertz CT molecular complexity index is 537. The lowest BCUT2D eigenvalue weighted by molar-refractivity contribution is 0.410. The van der Waals surface area contributed by atoms with Crippen molar-refractivity contribution in [2.24, 2.45) is 0 Å². The summed E-state index contributed by atoms with van der Waals surface area (Å²) in [6.45, 7) is 0.712. The molecule has 2 aromatic rings. The van der Waals surface area contributed by atoms with Gasteiger partial charge in [0, 0.05) is 18.0 Å². The maximum Gasteiger partial charge on any atom is 0.205 e. The van der Waals surface area contributed by atoms with E-state index in [0.717, 1.165) is 21.5 Å². The molecule has 1 aromatic carbocycles. The number of ether oxygens (including phenoxy) is 1. The number of para-hydroxylation sites is 1. The fourth-order valence-electron chi connectivity index (χ4n) is 1.82. The summed E-state index contributed by atoms with van der Waals surface area (Å²) in [5.74, 6) is 1.57. The van der Waals surface area contributed by atoms with Gasteiger partial charge in [0.2, 0.25) is 5.13 Å². The third kappa shape index (κ3) is 2.46. The molecule has 1 aliphatic rings. The van der Waals surface area contributed by atoms with Gasteiger partial charge < -0.3 is 10.1 Å². The molecule has 0 amide bonds. The first-order valence-electron chi connectivity index (χ1n) is 6.06. The fourth-order valence-corrected chi connectivity index (χ4v) is 2.73. The number of nitrogens with zero attached hydrogens (tertiary/aromatic N) is 2. The summed E-state index contributed by atoms with van der Waals surface area (Å²) in [7, 11) is 1.69. The van der Waals surface area contributed by atoms with E-state index in [-0.39, 0.29) is 0 Å². The average molecular weight is 261 g/mol. The first-order chi connectivity index (χ1) is 8.86. The molecule has 1 heterocycles. The summed E-state index contributed by atoms with van der Waals surface area (Å²) >= 11 is 1.66. The minimum Gasteiger partial charge on any atom is -0.496 e. The molecule has 1 N–H and O–H groups in total. The molecular weight excluding hydrogens is 246 g/mol. The van der Waals surface area contributed by atoms with Crippen LogP contribution in [0.4, 0.5) is 5.13 Å². The second-order valence-electron chi connectivity index (χ2n) is 4.39. The van der Waals surface area contributed by atoms with Gasteiger partial charge in [0.05, 0.1) is 7.11 Å². The van der Waals surface area contributed by atoms with Crippen molar-refractivity contribution in [2.45, 2.75) is 25.3 Å². The molecule has 1 saturated carbocycles. The van der Waals surface area contributed by atoms with E-state index in [4.69, 9.17) is 4.74 Å². The molecule has 0 radical (unpaired) electrons. The van der Waals surface area contributed by atoms with E-state index in [9.17, 15) is 0 Å². The number of hydrogen-bond donors (Lipinski definition) is 1. The zero-order valence-corrected chi connectivity index (χ0v) is 11.0. The normalized spacial score (nSPS) is 14.5. The maximum absolute atomic E-state index is 5.31. The summed E-state index contributed by atoms with van der Waals surface area (Å²) < 4.78 is 5.31. The number of hydrogen-bond acceptors (Lipinski definition) is 5. The maximum atomic E-state index is 5.31. The van der Waals surface area contributed by atoms with Gasteiger partial charge in [-0.2, -0.15) is 0 Å². The van der Waals surface area contributed by atoms with Crippen LogP contribution in [-0.4, -0.2) is 17.3 Å². The summed E-state index contributed by atoms with van der Waals surface area (Å²) in [4.78, 5) is 0. The van der Waals surface area contributed by atoms with Crippen LogP contribution in [0.1, 0.15) is 29.3 Å². The number of aromatic nitrogens is 2. The third-order valence-electron chi connectivity index (χ3n) is 2.99. The highest BCUT2D eigenvalue weighted by Crippen LogP contribution is 2.42. The predicted octanol–water partition coefficient (Wildman–Crippen LogP) is 3.04. The van der Waals surface area contributed by atoms with Crippen molar-refractivity contribution in [1.82, 2.24) is 10.2 Å². The van der Waals surface area contributed by atoms with E-state index in [1.807, 2.05) is 18.2 Å². The van der Waals surface area contributed by atoms with Crippen molar-refractivity contribution in [3.8, 4) is 5.75 Å². The van der Waals surface area contributed by atoms with Crippen LogP contribution in [-0.2, 0) is 6.54 Å². The Kier molecular flexibility index (Phi) is 3.15. The molecule has 3 rings (SSSR count). The van der Waals surface area contributed by atoms with Gasteiger partial charge in [-0.05, 0) is 18.9 Å². The second kappa shape index (κ2) is 4.94. The lowest BCUT2D eigenvalue weighted by Gasteiger charge is -2.07. The van der Waals surface area contributed by atoms with E-state index in [0.29, 0.717) is 12.5 Å². The lowest BCUT2D eigenvalue weighted by atomic mass is 10.2. The lowest BCUT2D eigenvalue weighted by Crippen LogP contribution is -2.01. The minimum absolute atomic E-state index is 0.671. The quantitative estimate of drug-likeness (QED) is 0.898. The Morgan fingerprint density at radius 2 is 2.17 bits per heavy atom. The topological polar surface area (TPSA) is 47.0 Å². The van der Waals surface area contributed by atoms with Crippen molar-refractivity contribution >= 4 is 16.5 Å². The van der Waals surface area contributed by atoms with Gasteiger partial charge in [-0.3, -0.25) is 0 Å². The highest BCUT2D eigenvalue weighted by molar-refractivity contribution is 7.15. The Balaban J connectivity index is 1.65. The molecule has 0 aliphatic heterocycles. The SMILES string of the molecule is COc1ccccc1CNc1nnc(C2CC2)s1. The van der Waals surface area contributed by atoms with Crippen LogP contribution < -0.4 is 10.1 Å². The van der Waals surface area contributed by atoms with E-state index >= 15 is 0 Å². The summed E-state index contributed by atoms with van der Waals surface area (Å²) in [6, 6.07) is 8.00. The van der Waals surface area contributed by atoms with Crippen LogP contribution in [0, 0.1) is 0 Å². The van der Waals surface area contributed by atoms with E-state index in [1.54, 1.807) is 18.4 Å². The molecule has 0 unspecified atom stereocenters. The second-order valence-corrected chi connectivity index (χ2v) is 5.39. The Labute approximate surface area is 110 Å². The fraction of sp³-hybridized carbons (Fsp3) is 0.385. The Morgan fingerprint density at radius 3 is 2.94 bits per heavy atom. The van der Waals surface area contributed by atoms with Crippen molar-refractivity contribution in [3.63, 3.8) is 0 Å². The Morgan fingerprint density at radius 1 is 1.33 bits per heavy atom. The molecule has 0 atom stereocenters. The van der Waals surface area contributed by atoms with Crippen LogP contribution in [0.15, 0.2) is 24.3 Å². The molecule has 18 heavy (non-hydrogen) atoms. The highest BCUT2D eigenvalue weighted by atomic mass is 32.1. The van der Waals surface area contributed by atoms with Crippen LogP contribution in [0.3, 0.4) is 0 Å². The number of rotatable bonds is 5. The molecular formula is C13H15N3OS. The molecule has 1 aromatic heterocycles. The van der Waals surface area contributed by atoms with E-state index in [2.05, 4.69) is 21.6 Å². The highest BCUT2D eigenvalue weighted by Gasteiger charge is 2.27. The number of nitrogens with one attached hydrogen (secondary N) is 1. The number of anilines is 1. The van der Waals surface area contributed by atoms with Gasteiger partial charge in [0.1, 0.15) is 10.8 Å². The van der Waals surface area contributed by atoms with Gasteiger partial charge in [0.15, 0.2) is 0 Å². The molecule has 1 fully saturated rings. The number of methoxy groups -OCH3 is 1. The molecule has 1 aliphatic carbocycles. The van der Waals surface area contributed by atoms with Crippen LogP contribution in [0.25, 0.3) is 0 Å². The summed E-state index contributed by atoms with van der Waals surface area (Å²) in [6.07, 6.45) is 2.53. The average Bonchev–Trinajstić information content (AvgIpc) is 3.16. The van der Waals surface area contributed by atoms with Crippen molar-refractivity contribution < 1.29 is 4.74 Å². The van der Waals surface area contributed by atoms with Gasteiger partial charge >= 0.3 is 0 Å². The summed E-state index contributed by atoms with van der Waals surface area (Å²) in [5, 5.41) is 13.7. The Hall–Kier alpha value is -1.62. The zero-order chi connectivity index (χ0) is 12.4. The van der Waals surface area contributed by atoms with Gasteiger partial charge in [0.25, 0.3) is 0 Å². The standard InChI is InChI=1S/C13H15N3OS/c1-17-11-5-3-2-4-10(11)8-14-13-16-15-12(18-13)9-6-7-9/h2-5,9H,6-8H2,1H3,(H,14,16). The first kappa shape index (κ1) is 11.5. The molecule has 5 heteroatoms. The summed E-state index contributed by atoms with van der Waals surface area (Å²) in [5.41, 5.74) is 1.13. The van der Waals surface area contributed by atoms with Crippen LogP contribution >= 0.6 is 11.3 Å². The smallest absolute Gasteiger partial charge is 0.205 e. The van der Waals surface area contributed by atoms with E-state index < -0.39 is 0 Å². The molecule has 94 valence electrons. The largest absolute Gasteiger partial charge is 0.496 e. The third-order valence-corrected chi connectivity index (χ3v) is 4.03. The molecule has 0 spiro atoms. The van der Waals surface area contributed by atoms with Crippen molar-refractivity contribution in [1.29, 1.82) is 0 Å². The molecule has 4 nitrogen and oxygen atoms in total. The van der Waals surface area contributed by atoms with Crippen LogP contribution in [0.2, 0.25) is 0 Å². The van der Waals surface area contributed by atoms with Gasteiger partial charge in [-0.15, -0.1) is 10.2 Å². The monoisotopic (exact) mass is 261 g/mol. The van der Waals surface area contributed by atoms with Crippen molar-refractivity contribution in [3.05, 3.63) is 34.8 Å². The van der Waals surface area contributed by atoms with Gasteiger partial charge in [-0.1, -0.05) is 29.5 Å². The molecule has 0 saturated heterocycles. The predicted molar refractivity (Wildman–Crippen MR) is 72.2 cm³/mol. The first-order valence-corrected chi connectivity index (χ1v) is 6.87. The van der Waals surface area contributed by atoms with E-state index in [1.165, 1.54) is 12.8 Å². The van der Waals surface area contributed by atoms with Crippen LogP contribution in [0.5, 0.6) is 5.75 Å². The van der Waals surface area contributed by atoms with Crippen molar-refractivity contribution in [2.75, 3.05) is 12.4 Å². The minimum atomic E-state index is 0.671. The molecule has 0 bridgehead atoms. The number of benzene rings is 1. The zero-order valence-electron chi connectivity index (χ0n) is 10.2.